The summed E-state index contributed by atoms with van der Waals surface area (Å²) < 4.78 is 5.52. The van der Waals surface area contributed by atoms with E-state index in [-0.39, 0.29) is 12.1 Å². The minimum atomic E-state index is -0.0000200. The van der Waals surface area contributed by atoms with Crippen LogP contribution in [0.2, 0.25) is 0 Å². The lowest BCUT2D eigenvalue weighted by molar-refractivity contribution is 0.108. The normalized spacial score (nSPS) is 21.1. The summed E-state index contributed by atoms with van der Waals surface area (Å²) in [6.07, 6.45) is 2.30. The van der Waals surface area contributed by atoms with Gasteiger partial charge in [-0.2, -0.15) is 5.26 Å². The van der Waals surface area contributed by atoms with E-state index >= 15 is 0 Å². The summed E-state index contributed by atoms with van der Waals surface area (Å²) >= 11 is 0. The Bertz CT molecular complexity index is 567. The number of hydrogen-bond acceptors (Lipinski definition) is 4. The van der Waals surface area contributed by atoms with E-state index in [2.05, 4.69) is 16.3 Å². The van der Waals surface area contributed by atoms with Crippen molar-refractivity contribution in [2.24, 2.45) is 0 Å². The minimum Gasteiger partial charge on any atom is -0.376 e. The number of anilines is 1. The summed E-state index contributed by atoms with van der Waals surface area (Å²) in [4.78, 5) is 16.3. The molecular weight excluding hydrogens is 292 g/mol. The van der Waals surface area contributed by atoms with E-state index in [0.29, 0.717) is 25.2 Å². The predicted molar refractivity (Wildman–Crippen MR) is 87.3 cm³/mol. The number of nitrogens with one attached hydrogen (secondary N) is 1. The average Bonchev–Trinajstić information content (AvgIpc) is 3.13. The first kappa shape index (κ1) is 15.6. The quantitative estimate of drug-likeness (QED) is 0.919. The number of nitriles is 1. The van der Waals surface area contributed by atoms with Crippen molar-refractivity contribution in [3.8, 4) is 6.07 Å². The molecule has 2 heterocycles. The zero-order valence-corrected chi connectivity index (χ0v) is 13.2. The molecule has 2 amide bonds. The maximum absolute atomic E-state index is 12.2. The number of piperazine rings is 1. The van der Waals surface area contributed by atoms with Crippen molar-refractivity contribution >= 4 is 11.7 Å². The van der Waals surface area contributed by atoms with E-state index in [0.717, 1.165) is 38.2 Å². The fraction of sp³-hybridized carbons (Fsp3) is 0.529. The van der Waals surface area contributed by atoms with Crippen LogP contribution in [0.3, 0.4) is 0 Å². The summed E-state index contributed by atoms with van der Waals surface area (Å²) in [6.45, 7) is 4.44. The Labute approximate surface area is 136 Å². The Balaban J connectivity index is 1.45. The van der Waals surface area contributed by atoms with Crippen LogP contribution in [0.15, 0.2) is 24.3 Å². The molecule has 2 fully saturated rings. The lowest BCUT2D eigenvalue weighted by Crippen LogP contribution is -2.52. The van der Waals surface area contributed by atoms with Gasteiger partial charge in [0.05, 0.1) is 17.7 Å². The second kappa shape index (κ2) is 7.34. The SMILES string of the molecule is N#Cc1ccc(N2CCN(C(=O)NCC3CCCO3)CC2)cc1. The minimum absolute atomic E-state index is 0.0000200. The van der Waals surface area contributed by atoms with Crippen LogP contribution >= 0.6 is 0 Å². The smallest absolute Gasteiger partial charge is 0.317 e. The van der Waals surface area contributed by atoms with Gasteiger partial charge < -0.3 is 19.9 Å². The maximum Gasteiger partial charge on any atom is 0.317 e. The monoisotopic (exact) mass is 314 g/mol. The van der Waals surface area contributed by atoms with Crippen molar-refractivity contribution in [1.29, 1.82) is 5.26 Å². The number of ether oxygens (including phenoxy) is 1. The van der Waals surface area contributed by atoms with Gasteiger partial charge in [-0.25, -0.2) is 4.79 Å². The first-order valence-corrected chi connectivity index (χ1v) is 8.16. The fourth-order valence-corrected chi connectivity index (χ4v) is 3.03. The van der Waals surface area contributed by atoms with Crippen LogP contribution in [-0.4, -0.2) is 56.4 Å². The van der Waals surface area contributed by atoms with Crippen LogP contribution in [0.5, 0.6) is 0 Å². The van der Waals surface area contributed by atoms with Gasteiger partial charge in [0.25, 0.3) is 0 Å². The Hall–Kier alpha value is -2.26. The zero-order chi connectivity index (χ0) is 16.1. The van der Waals surface area contributed by atoms with E-state index in [9.17, 15) is 4.79 Å². The standard InChI is InChI=1S/C17H22N4O2/c18-12-14-3-5-15(6-4-14)20-7-9-21(10-8-20)17(22)19-13-16-2-1-11-23-16/h3-6,16H,1-2,7-11,13H2,(H,19,22). The molecule has 1 atom stereocenters. The van der Waals surface area contributed by atoms with Crippen molar-refractivity contribution in [1.82, 2.24) is 10.2 Å². The number of hydrogen-bond donors (Lipinski definition) is 1. The Morgan fingerprint density at radius 2 is 2.00 bits per heavy atom. The summed E-state index contributed by atoms with van der Waals surface area (Å²) in [7, 11) is 0. The lowest BCUT2D eigenvalue weighted by Gasteiger charge is -2.36. The van der Waals surface area contributed by atoms with Gasteiger partial charge in [-0.1, -0.05) is 0 Å². The third-order valence-electron chi connectivity index (χ3n) is 4.43. The van der Waals surface area contributed by atoms with Crippen molar-refractivity contribution < 1.29 is 9.53 Å². The molecule has 6 nitrogen and oxygen atoms in total. The fourth-order valence-electron chi connectivity index (χ4n) is 3.03. The molecule has 0 aromatic heterocycles. The Kier molecular flexibility index (Phi) is 4.99. The van der Waals surface area contributed by atoms with E-state index in [1.807, 2.05) is 29.2 Å². The highest BCUT2D eigenvalue weighted by atomic mass is 16.5. The van der Waals surface area contributed by atoms with E-state index in [1.165, 1.54) is 0 Å². The summed E-state index contributed by atoms with van der Waals surface area (Å²) in [5.74, 6) is 0. The van der Waals surface area contributed by atoms with Gasteiger partial charge in [0.1, 0.15) is 0 Å². The molecule has 2 saturated heterocycles. The van der Waals surface area contributed by atoms with Crippen molar-refractivity contribution in [2.45, 2.75) is 18.9 Å². The van der Waals surface area contributed by atoms with Gasteiger partial charge >= 0.3 is 6.03 Å². The third-order valence-corrected chi connectivity index (χ3v) is 4.43. The van der Waals surface area contributed by atoms with Crippen molar-refractivity contribution in [3.63, 3.8) is 0 Å². The molecule has 6 heteroatoms. The van der Waals surface area contributed by atoms with Gasteiger partial charge in [-0.3, -0.25) is 0 Å². The molecule has 1 aromatic carbocycles. The highest BCUT2D eigenvalue weighted by Crippen LogP contribution is 2.17. The third kappa shape index (κ3) is 3.93. The molecule has 0 radical (unpaired) electrons. The number of nitrogens with zero attached hydrogens (tertiary/aromatic N) is 3. The van der Waals surface area contributed by atoms with Crippen LogP contribution in [0.4, 0.5) is 10.5 Å². The molecule has 1 N–H and O–H groups in total. The predicted octanol–water partition coefficient (Wildman–Crippen LogP) is 1.57. The molecule has 0 spiro atoms. The molecule has 1 aromatic rings. The number of rotatable bonds is 3. The second-order valence-electron chi connectivity index (χ2n) is 5.95. The summed E-state index contributed by atoms with van der Waals surface area (Å²) in [5.41, 5.74) is 1.77. The van der Waals surface area contributed by atoms with Crippen molar-refractivity contribution in [2.75, 3.05) is 44.2 Å². The van der Waals surface area contributed by atoms with Crippen LogP contribution < -0.4 is 10.2 Å². The number of urea groups is 1. The topological polar surface area (TPSA) is 68.6 Å². The number of carbonyl (C=O) groups excluding carboxylic acids is 1. The second-order valence-corrected chi connectivity index (χ2v) is 5.95. The molecule has 0 aliphatic carbocycles. The van der Waals surface area contributed by atoms with Crippen LogP contribution in [0.1, 0.15) is 18.4 Å². The van der Waals surface area contributed by atoms with Gasteiger partial charge in [0.15, 0.2) is 0 Å². The Morgan fingerprint density at radius 1 is 1.26 bits per heavy atom. The highest BCUT2D eigenvalue weighted by Gasteiger charge is 2.22. The number of carbonyl (C=O) groups is 1. The van der Waals surface area contributed by atoms with Gasteiger partial charge in [-0.05, 0) is 37.1 Å². The highest BCUT2D eigenvalue weighted by molar-refractivity contribution is 5.74. The molecule has 3 rings (SSSR count). The molecular formula is C17H22N4O2. The molecule has 0 bridgehead atoms. The molecule has 2 aliphatic rings. The van der Waals surface area contributed by atoms with Gasteiger partial charge in [0, 0.05) is 45.0 Å². The molecule has 23 heavy (non-hydrogen) atoms. The number of amides is 2. The van der Waals surface area contributed by atoms with Crippen LogP contribution in [0.25, 0.3) is 0 Å². The Morgan fingerprint density at radius 3 is 2.61 bits per heavy atom. The van der Waals surface area contributed by atoms with E-state index in [4.69, 9.17) is 10.00 Å². The van der Waals surface area contributed by atoms with E-state index < -0.39 is 0 Å². The van der Waals surface area contributed by atoms with Crippen molar-refractivity contribution in [3.05, 3.63) is 29.8 Å². The zero-order valence-electron chi connectivity index (χ0n) is 13.2. The average molecular weight is 314 g/mol. The maximum atomic E-state index is 12.2. The molecule has 2 aliphatic heterocycles. The molecule has 1 unspecified atom stereocenters. The van der Waals surface area contributed by atoms with Crippen LogP contribution in [0, 0.1) is 11.3 Å². The van der Waals surface area contributed by atoms with Gasteiger partial charge in [0.2, 0.25) is 0 Å². The summed E-state index contributed by atoms with van der Waals surface area (Å²) in [5, 5.41) is 11.8. The van der Waals surface area contributed by atoms with Crippen LogP contribution in [-0.2, 0) is 4.74 Å². The molecule has 122 valence electrons. The summed E-state index contributed by atoms with van der Waals surface area (Å²) in [6, 6.07) is 9.71. The first-order chi connectivity index (χ1) is 11.3. The van der Waals surface area contributed by atoms with E-state index in [1.54, 1.807) is 0 Å². The first-order valence-electron chi connectivity index (χ1n) is 8.16. The number of benzene rings is 1. The molecule has 0 saturated carbocycles. The van der Waals surface area contributed by atoms with Gasteiger partial charge in [-0.15, -0.1) is 0 Å². The largest absolute Gasteiger partial charge is 0.376 e. The lowest BCUT2D eigenvalue weighted by atomic mass is 10.2.